The van der Waals surface area contributed by atoms with E-state index < -0.39 is 21.0 Å². The Morgan fingerprint density at radius 2 is 1.50 bits per heavy atom. The Morgan fingerprint density at radius 1 is 0.921 bits per heavy atom. The van der Waals surface area contributed by atoms with Crippen LogP contribution in [0.25, 0.3) is 0 Å². The Balaban J connectivity index is 1.72. The molecule has 0 fully saturated rings. The standard InChI is InChI=1S/C23H23N5O8S2/c1-28(14-2-3-23(29)30)19-9-4-16(5-10-19)25-27-21-13-8-18(15-22(21)38(32,33)34)26-24-17-6-11-20(12-7-17)37-36-35-31/h4-13,15,31H,2-3,14H2,1H3,(H,29,30)(H,32,33,34)/b26-24+,27-25+. The molecule has 0 saturated carbocycles. The van der Waals surface area contributed by atoms with Crippen molar-refractivity contribution in [2.45, 2.75) is 22.6 Å². The number of aliphatic carboxylic acids is 1. The molecule has 3 rings (SSSR count). The zero-order valence-corrected chi connectivity index (χ0v) is 21.5. The van der Waals surface area contributed by atoms with E-state index in [0.29, 0.717) is 29.2 Å². The average molecular weight is 562 g/mol. The van der Waals surface area contributed by atoms with Gasteiger partial charge in [-0.05, 0) is 73.2 Å². The Labute approximate surface area is 222 Å². The first kappa shape index (κ1) is 28.8. The highest BCUT2D eigenvalue weighted by atomic mass is 32.2. The lowest BCUT2D eigenvalue weighted by Crippen LogP contribution is -2.19. The Morgan fingerprint density at radius 3 is 2.11 bits per heavy atom. The third-order valence-corrected chi connectivity index (χ3v) is 6.42. The maximum atomic E-state index is 12.0. The predicted octanol–water partition coefficient (Wildman–Crippen LogP) is 6.49. The van der Waals surface area contributed by atoms with Crippen molar-refractivity contribution in [3.05, 3.63) is 66.7 Å². The number of hydrogen-bond acceptors (Lipinski definition) is 12. The third-order valence-electron chi connectivity index (χ3n) is 4.95. The van der Waals surface area contributed by atoms with Gasteiger partial charge in [-0.2, -0.15) is 23.8 Å². The second-order valence-electron chi connectivity index (χ2n) is 7.68. The number of azo groups is 2. The molecule has 3 aromatic carbocycles. The molecule has 3 aromatic rings. The summed E-state index contributed by atoms with van der Waals surface area (Å²) in [5.74, 6) is -0.846. The van der Waals surface area contributed by atoms with Crippen LogP contribution in [0.3, 0.4) is 0 Å². The smallest absolute Gasteiger partial charge is 0.303 e. The van der Waals surface area contributed by atoms with Crippen LogP contribution in [0.5, 0.6) is 0 Å². The molecule has 13 nitrogen and oxygen atoms in total. The lowest BCUT2D eigenvalue weighted by atomic mass is 10.2. The number of anilines is 1. The minimum absolute atomic E-state index is 0.0807. The highest BCUT2D eigenvalue weighted by molar-refractivity contribution is 7.94. The quantitative estimate of drug-likeness (QED) is 0.0685. The fourth-order valence-electron chi connectivity index (χ4n) is 3.07. The Hall–Kier alpha value is -3.73. The van der Waals surface area contributed by atoms with Gasteiger partial charge in [-0.15, -0.1) is 9.45 Å². The van der Waals surface area contributed by atoms with Crippen LogP contribution >= 0.6 is 12.0 Å². The monoisotopic (exact) mass is 561 g/mol. The van der Waals surface area contributed by atoms with Crippen molar-refractivity contribution in [1.82, 2.24) is 0 Å². The number of carboxylic acids is 1. The minimum Gasteiger partial charge on any atom is -0.481 e. The zero-order valence-electron chi connectivity index (χ0n) is 19.9. The molecule has 0 radical (unpaired) electrons. The van der Waals surface area contributed by atoms with Crippen LogP contribution in [0.1, 0.15) is 12.8 Å². The van der Waals surface area contributed by atoms with Crippen molar-refractivity contribution < 1.29 is 37.5 Å². The van der Waals surface area contributed by atoms with Gasteiger partial charge in [0, 0.05) is 30.6 Å². The molecular weight excluding hydrogens is 538 g/mol. The molecule has 0 amide bonds. The maximum absolute atomic E-state index is 12.0. The van der Waals surface area contributed by atoms with E-state index in [0.717, 1.165) is 23.8 Å². The molecule has 0 heterocycles. The van der Waals surface area contributed by atoms with Gasteiger partial charge in [0.1, 0.15) is 10.6 Å². The van der Waals surface area contributed by atoms with Crippen molar-refractivity contribution in [2.75, 3.05) is 18.5 Å². The van der Waals surface area contributed by atoms with E-state index in [9.17, 15) is 17.8 Å². The summed E-state index contributed by atoms with van der Waals surface area (Å²) in [7, 11) is -2.80. The lowest BCUT2D eigenvalue weighted by molar-refractivity contribution is -0.432. The van der Waals surface area contributed by atoms with Crippen molar-refractivity contribution in [2.24, 2.45) is 20.5 Å². The summed E-state index contributed by atoms with van der Waals surface area (Å²) in [5.41, 5.74) is 1.81. The molecule has 0 bridgehead atoms. The van der Waals surface area contributed by atoms with Gasteiger partial charge < -0.3 is 10.0 Å². The van der Waals surface area contributed by atoms with Gasteiger partial charge in [0.2, 0.25) is 0 Å². The number of carbonyl (C=O) groups is 1. The summed E-state index contributed by atoms with van der Waals surface area (Å²) in [4.78, 5) is 12.7. The van der Waals surface area contributed by atoms with Gasteiger partial charge in [-0.1, -0.05) is 5.04 Å². The van der Waals surface area contributed by atoms with Crippen LogP contribution in [-0.2, 0) is 24.3 Å². The highest BCUT2D eigenvalue weighted by Gasteiger charge is 2.17. The molecule has 0 aliphatic heterocycles. The molecule has 0 spiro atoms. The molecule has 0 aliphatic carbocycles. The van der Waals surface area contributed by atoms with Crippen LogP contribution in [0.15, 0.2) is 97.0 Å². The van der Waals surface area contributed by atoms with E-state index in [2.05, 4.69) is 29.8 Å². The summed E-state index contributed by atoms with van der Waals surface area (Å²) >= 11 is 0.780. The van der Waals surface area contributed by atoms with Crippen molar-refractivity contribution in [3.63, 3.8) is 0 Å². The number of benzene rings is 3. The number of carboxylic acid groups (broad SMARTS) is 1. The molecular formula is C23H23N5O8S2. The van der Waals surface area contributed by atoms with Gasteiger partial charge in [0.15, 0.2) is 0 Å². The summed E-state index contributed by atoms with van der Waals surface area (Å²) in [5, 5.41) is 36.5. The van der Waals surface area contributed by atoms with Gasteiger partial charge >= 0.3 is 5.97 Å². The van der Waals surface area contributed by atoms with Crippen LogP contribution in [0.2, 0.25) is 0 Å². The SMILES string of the molecule is CN(CCCC(=O)O)c1ccc(/N=N/c2ccc(/N=N/c3ccc(SOOO)cc3)cc2S(=O)(=O)O)cc1. The number of nitrogens with zero attached hydrogens (tertiary/aromatic N) is 5. The second kappa shape index (κ2) is 13.7. The van der Waals surface area contributed by atoms with E-state index in [-0.39, 0.29) is 17.8 Å². The molecule has 0 atom stereocenters. The first-order chi connectivity index (χ1) is 18.2. The van der Waals surface area contributed by atoms with Crippen molar-refractivity contribution >= 4 is 56.6 Å². The Kier molecular flexibility index (Phi) is 10.4. The number of hydrogen-bond donors (Lipinski definition) is 3. The first-order valence-corrected chi connectivity index (χ1v) is 13.1. The van der Waals surface area contributed by atoms with Crippen LogP contribution in [-0.4, -0.2) is 42.9 Å². The van der Waals surface area contributed by atoms with Crippen molar-refractivity contribution in [3.8, 4) is 0 Å². The van der Waals surface area contributed by atoms with Crippen molar-refractivity contribution in [1.29, 1.82) is 0 Å². The average Bonchev–Trinajstić information content (AvgIpc) is 2.90. The molecule has 0 saturated heterocycles. The van der Waals surface area contributed by atoms with E-state index in [4.69, 9.17) is 10.4 Å². The molecule has 0 aliphatic rings. The second-order valence-corrected chi connectivity index (χ2v) is 9.85. The molecule has 3 N–H and O–H groups in total. The van der Waals surface area contributed by atoms with Gasteiger partial charge in [0.05, 0.1) is 29.1 Å². The first-order valence-electron chi connectivity index (χ1n) is 10.9. The summed E-state index contributed by atoms with van der Waals surface area (Å²) in [6.45, 7) is 0.563. The Bertz CT molecular complexity index is 1400. The van der Waals surface area contributed by atoms with Crippen LogP contribution in [0, 0.1) is 0 Å². The third kappa shape index (κ3) is 8.98. The molecule has 0 unspecified atom stereocenters. The van der Waals surface area contributed by atoms with E-state index in [1.807, 2.05) is 11.9 Å². The minimum atomic E-state index is -4.64. The summed E-state index contributed by atoms with van der Waals surface area (Å²) < 4.78 is 37.9. The van der Waals surface area contributed by atoms with E-state index in [1.54, 1.807) is 48.5 Å². The highest BCUT2D eigenvalue weighted by Crippen LogP contribution is 2.32. The molecule has 15 heteroatoms. The molecule has 200 valence electrons. The van der Waals surface area contributed by atoms with E-state index >= 15 is 0 Å². The molecule has 38 heavy (non-hydrogen) atoms. The largest absolute Gasteiger partial charge is 0.481 e. The van der Waals surface area contributed by atoms with Crippen LogP contribution in [0.4, 0.5) is 28.4 Å². The lowest BCUT2D eigenvalue weighted by Gasteiger charge is -2.18. The van der Waals surface area contributed by atoms with Gasteiger partial charge in [0.25, 0.3) is 10.1 Å². The predicted molar refractivity (Wildman–Crippen MR) is 138 cm³/mol. The zero-order chi connectivity index (χ0) is 27.5. The normalized spacial score (nSPS) is 11.9. The van der Waals surface area contributed by atoms with E-state index in [1.165, 1.54) is 12.1 Å². The van der Waals surface area contributed by atoms with Gasteiger partial charge in [-0.3, -0.25) is 9.35 Å². The maximum Gasteiger partial charge on any atom is 0.303 e. The number of rotatable bonds is 13. The summed E-state index contributed by atoms with van der Waals surface area (Å²) in [6.07, 6.45) is 0.584. The fourth-order valence-corrected chi connectivity index (χ4v) is 4.07. The van der Waals surface area contributed by atoms with Gasteiger partial charge in [-0.25, -0.2) is 5.26 Å². The summed E-state index contributed by atoms with van der Waals surface area (Å²) in [6, 6.07) is 17.3. The molecule has 0 aromatic heterocycles. The topological polar surface area (TPSA) is 183 Å². The van der Waals surface area contributed by atoms with Crippen LogP contribution < -0.4 is 4.90 Å². The fraction of sp³-hybridized carbons (Fsp3) is 0.174.